The molecule has 0 heterocycles. The minimum atomic E-state index is -4.05. The molecule has 24 heavy (non-hydrogen) atoms. The van der Waals surface area contributed by atoms with Crippen LogP contribution in [-0.2, 0) is 39.3 Å². The molecule has 0 unspecified atom stereocenters. The van der Waals surface area contributed by atoms with Gasteiger partial charge in [0.25, 0.3) is 20.2 Å². The first-order valence-electron chi connectivity index (χ1n) is 6.30. The van der Waals surface area contributed by atoms with Gasteiger partial charge in [-0.05, 0) is 13.3 Å². The van der Waals surface area contributed by atoms with Gasteiger partial charge in [-0.2, -0.15) is 16.8 Å². The van der Waals surface area contributed by atoms with Gasteiger partial charge in [0.05, 0.1) is 12.4 Å². The second-order valence-corrected chi connectivity index (χ2v) is 7.36. The second-order valence-electron chi connectivity index (χ2n) is 4.21. The summed E-state index contributed by atoms with van der Waals surface area (Å²) >= 11 is 0. The molecule has 0 aliphatic carbocycles. The lowest BCUT2D eigenvalue weighted by atomic mass is 10.4. The number of carbonyl (C=O) groups is 2. The number of hydrogen-bond acceptors (Lipinski definition) is 8. The Morgan fingerprint density at radius 1 is 1.00 bits per heavy atom. The molecular formula is C12H20O10S2. The van der Waals surface area contributed by atoms with E-state index in [1.807, 2.05) is 0 Å². The summed E-state index contributed by atoms with van der Waals surface area (Å²) < 4.78 is 65.9. The van der Waals surface area contributed by atoms with Gasteiger partial charge in [-0.1, -0.05) is 13.2 Å². The van der Waals surface area contributed by atoms with Crippen molar-refractivity contribution in [3.05, 3.63) is 24.8 Å². The van der Waals surface area contributed by atoms with Crippen LogP contribution in [-0.4, -0.2) is 62.6 Å². The zero-order chi connectivity index (χ0) is 19.4. The van der Waals surface area contributed by atoms with Crippen molar-refractivity contribution in [2.45, 2.75) is 13.3 Å². The Morgan fingerprint density at radius 3 is 1.88 bits per heavy atom. The van der Waals surface area contributed by atoms with Crippen molar-refractivity contribution < 1.29 is 45.0 Å². The Hall–Kier alpha value is -1.76. The van der Waals surface area contributed by atoms with E-state index >= 15 is 0 Å². The van der Waals surface area contributed by atoms with Gasteiger partial charge in [0.2, 0.25) is 0 Å². The van der Waals surface area contributed by atoms with Crippen molar-refractivity contribution in [2.75, 3.05) is 24.7 Å². The first-order chi connectivity index (χ1) is 10.8. The molecule has 0 radical (unpaired) electrons. The Bertz CT molecular complexity index is 643. The lowest BCUT2D eigenvalue weighted by molar-refractivity contribution is -0.138. The van der Waals surface area contributed by atoms with E-state index in [0.717, 1.165) is 6.08 Å². The van der Waals surface area contributed by atoms with Gasteiger partial charge in [0.1, 0.15) is 12.4 Å². The van der Waals surface area contributed by atoms with Crippen LogP contribution in [0.4, 0.5) is 0 Å². The minimum absolute atomic E-state index is 0.0371. The average Bonchev–Trinajstić information content (AvgIpc) is 2.41. The molecule has 0 bridgehead atoms. The van der Waals surface area contributed by atoms with Gasteiger partial charge in [0.15, 0.2) is 0 Å². The molecule has 0 spiro atoms. The molecule has 0 saturated heterocycles. The maximum atomic E-state index is 10.6. The number of carbonyl (C=O) groups excluding carboxylic acids is 2. The predicted octanol–water partition coefficient (Wildman–Crippen LogP) is -0.0130. The first kappa shape index (κ1) is 24.5. The zero-order valence-electron chi connectivity index (χ0n) is 13.0. The highest BCUT2D eigenvalue weighted by atomic mass is 32.2. The normalized spacial score (nSPS) is 10.8. The van der Waals surface area contributed by atoms with Crippen molar-refractivity contribution in [3.8, 4) is 0 Å². The van der Waals surface area contributed by atoms with Gasteiger partial charge in [-0.25, -0.2) is 9.59 Å². The lowest BCUT2D eigenvalue weighted by Gasteiger charge is -2.01. The van der Waals surface area contributed by atoms with Crippen LogP contribution in [0.3, 0.4) is 0 Å². The zero-order valence-corrected chi connectivity index (χ0v) is 14.6. The summed E-state index contributed by atoms with van der Waals surface area (Å²) in [6.07, 6.45) is 1.06. The maximum Gasteiger partial charge on any atom is 0.333 e. The molecule has 0 aromatic rings. The van der Waals surface area contributed by atoms with Gasteiger partial charge in [0, 0.05) is 11.6 Å². The smallest absolute Gasteiger partial charge is 0.333 e. The molecule has 0 saturated carbocycles. The predicted molar refractivity (Wildman–Crippen MR) is 84.4 cm³/mol. The monoisotopic (exact) mass is 388 g/mol. The van der Waals surface area contributed by atoms with Crippen LogP contribution in [0.2, 0.25) is 0 Å². The third-order valence-electron chi connectivity index (χ3n) is 1.88. The van der Waals surface area contributed by atoms with E-state index in [2.05, 4.69) is 22.6 Å². The molecule has 12 heteroatoms. The van der Waals surface area contributed by atoms with E-state index in [1.54, 1.807) is 0 Å². The third kappa shape index (κ3) is 20.2. The van der Waals surface area contributed by atoms with Crippen LogP contribution in [0.25, 0.3) is 0 Å². The number of esters is 2. The molecule has 0 aliphatic rings. The quantitative estimate of drug-likeness (QED) is 0.238. The molecule has 0 fully saturated rings. The summed E-state index contributed by atoms with van der Waals surface area (Å²) in [5, 5.41) is 0. The molecule has 10 nitrogen and oxygen atoms in total. The van der Waals surface area contributed by atoms with Crippen molar-refractivity contribution >= 4 is 32.2 Å². The highest BCUT2D eigenvalue weighted by Gasteiger charge is 2.07. The Balaban J connectivity index is 0. The van der Waals surface area contributed by atoms with E-state index in [-0.39, 0.29) is 25.2 Å². The minimum Gasteiger partial charge on any atom is -0.463 e. The van der Waals surface area contributed by atoms with Crippen molar-refractivity contribution in [1.29, 1.82) is 0 Å². The highest BCUT2D eigenvalue weighted by molar-refractivity contribution is 7.86. The molecule has 0 aromatic heterocycles. The fraction of sp³-hybridized carbons (Fsp3) is 0.500. The Kier molecular flexibility index (Phi) is 12.0. The van der Waals surface area contributed by atoms with E-state index in [4.69, 9.17) is 9.11 Å². The molecule has 0 atom stereocenters. The molecule has 0 rings (SSSR count). The maximum absolute atomic E-state index is 10.6. The third-order valence-corrected chi connectivity index (χ3v) is 3.37. The van der Waals surface area contributed by atoms with Gasteiger partial charge in [-0.3, -0.25) is 9.11 Å². The fourth-order valence-electron chi connectivity index (χ4n) is 0.836. The lowest BCUT2D eigenvalue weighted by Crippen LogP contribution is -2.14. The molecule has 0 aromatic carbocycles. The van der Waals surface area contributed by atoms with Crippen LogP contribution in [0.15, 0.2) is 24.8 Å². The van der Waals surface area contributed by atoms with Crippen LogP contribution < -0.4 is 0 Å². The second kappa shape index (κ2) is 11.7. The number of hydrogen-bond donors (Lipinski definition) is 2. The van der Waals surface area contributed by atoms with E-state index < -0.39 is 43.7 Å². The summed E-state index contributed by atoms with van der Waals surface area (Å²) in [7, 11) is -8.00. The molecule has 2 N–H and O–H groups in total. The highest BCUT2D eigenvalue weighted by Crippen LogP contribution is 1.92. The molecule has 140 valence electrons. The van der Waals surface area contributed by atoms with E-state index in [0.29, 0.717) is 0 Å². The summed E-state index contributed by atoms with van der Waals surface area (Å²) in [6.45, 7) is 7.48. The van der Waals surface area contributed by atoms with E-state index in [1.165, 1.54) is 6.92 Å². The van der Waals surface area contributed by atoms with Crippen LogP contribution in [0.5, 0.6) is 0 Å². The summed E-state index contributed by atoms with van der Waals surface area (Å²) in [4.78, 5) is 21.0. The summed E-state index contributed by atoms with van der Waals surface area (Å²) in [5.74, 6) is -2.27. The summed E-state index contributed by atoms with van der Waals surface area (Å²) in [6, 6.07) is 0. The molecule has 0 amide bonds. The van der Waals surface area contributed by atoms with Crippen molar-refractivity contribution in [2.24, 2.45) is 0 Å². The topological polar surface area (TPSA) is 161 Å². The van der Waals surface area contributed by atoms with E-state index in [9.17, 15) is 26.4 Å². The number of rotatable bonds is 9. The summed E-state index contributed by atoms with van der Waals surface area (Å²) in [5.41, 5.74) is 0.185. The SMILES string of the molecule is C=C(C)C(=O)OCCS(=O)(=O)O.C=CC(=O)OCCCS(=O)(=O)O. The van der Waals surface area contributed by atoms with Crippen molar-refractivity contribution in [1.82, 2.24) is 0 Å². The van der Waals surface area contributed by atoms with Crippen LogP contribution in [0.1, 0.15) is 13.3 Å². The standard InChI is InChI=1S/2C6H10O5S/c1-5(2)6(7)11-3-4-12(8,9)10;1-2-6(7)11-4-3-5-12(8,9)10/h1,3-4H2,2H3,(H,8,9,10);2H,1,3-5H2,(H,8,9,10). The Morgan fingerprint density at radius 2 is 1.50 bits per heavy atom. The molecular weight excluding hydrogens is 368 g/mol. The van der Waals surface area contributed by atoms with Gasteiger partial charge in [-0.15, -0.1) is 0 Å². The van der Waals surface area contributed by atoms with Crippen LogP contribution >= 0.6 is 0 Å². The Labute approximate surface area is 140 Å². The average molecular weight is 388 g/mol. The van der Waals surface area contributed by atoms with Crippen molar-refractivity contribution in [3.63, 3.8) is 0 Å². The molecule has 0 aliphatic heterocycles. The van der Waals surface area contributed by atoms with Gasteiger partial charge >= 0.3 is 11.9 Å². The first-order valence-corrected chi connectivity index (χ1v) is 9.52. The largest absolute Gasteiger partial charge is 0.463 e. The number of ether oxygens (including phenoxy) is 2. The fourth-order valence-corrected chi connectivity index (χ4v) is 1.61. The van der Waals surface area contributed by atoms with Crippen LogP contribution in [0, 0.1) is 0 Å². The van der Waals surface area contributed by atoms with Gasteiger partial charge < -0.3 is 9.47 Å².